The molecule has 18 valence electrons. The zero-order valence-electron chi connectivity index (χ0n) is 2.39. The van der Waals surface area contributed by atoms with E-state index in [0.717, 1.165) is 0 Å². The van der Waals surface area contributed by atoms with E-state index in [9.17, 15) is 0 Å². The van der Waals surface area contributed by atoms with Crippen molar-refractivity contribution >= 4 is 29.5 Å². The van der Waals surface area contributed by atoms with Crippen LogP contribution in [0.4, 0.5) is 0 Å². The van der Waals surface area contributed by atoms with Crippen LogP contribution in [0.25, 0.3) is 0 Å². The Morgan fingerprint density at radius 3 is 1.75 bits per heavy atom. The van der Waals surface area contributed by atoms with Crippen molar-refractivity contribution in [2.45, 2.75) is 0 Å². The van der Waals surface area contributed by atoms with Crippen LogP contribution in [0.2, 0.25) is 0 Å². The molecule has 0 spiro atoms. The van der Waals surface area contributed by atoms with E-state index in [4.69, 9.17) is 0 Å². The molecule has 0 fully saturated rings. The van der Waals surface area contributed by atoms with Gasteiger partial charge in [-0.05, 0) is 0 Å². The molecule has 0 radical (unpaired) electrons. The van der Waals surface area contributed by atoms with Crippen LogP contribution in [0, 0.1) is 0 Å². The van der Waals surface area contributed by atoms with E-state index >= 15 is 0 Å². The zero-order chi connectivity index (χ0) is 2.71. The Morgan fingerprint density at radius 1 is 1.75 bits per heavy atom. The van der Waals surface area contributed by atoms with E-state index in [1.165, 1.54) is 4.70 Å². The Kier molecular flexibility index (Phi) is 19.9. The van der Waals surface area contributed by atoms with Crippen LogP contribution in [0.15, 0.2) is 0 Å². The minimum atomic E-state index is 0. The molecular formula is CHNaS2. The first-order valence-electron chi connectivity index (χ1n) is 0.471. The molecule has 0 heterocycles. The summed E-state index contributed by atoms with van der Waals surface area (Å²) in [5.41, 5.74) is 0. The molecule has 0 nitrogen and oxygen atoms in total. The summed E-state index contributed by atoms with van der Waals surface area (Å²) in [4.78, 5) is 0. The van der Waals surface area contributed by atoms with Crippen molar-refractivity contribution in [2.75, 3.05) is 0 Å². The van der Waals surface area contributed by atoms with Gasteiger partial charge in [-0.15, -0.1) is 0 Å². The molecule has 3 heteroatoms. The molecule has 0 bridgehead atoms. The second kappa shape index (κ2) is 8.85. The van der Waals surface area contributed by atoms with E-state index in [2.05, 4.69) is 24.8 Å². The summed E-state index contributed by atoms with van der Waals surface area (Å²) in [7, 11) is 0. The molecule has 0 aromatic rings. The van der Waals surface area contributed by atoms with Gasteiger partial charge in [0.2, 0.25) is 0 Å². The van der Waals surface area contributed by atoms with Gasteiger partial charge in [0.25, 0.3) is 0 Å². The number of hydrogen-bond acceptors (Lipinski definition) is 2. The SMILES string of the molecule is S=C[S-].[Na+]. The van der Waals surface area contributed by atoms with Gasteiger partial charge in [0.05, 0.1) is 0 Å². The van der Waals surface area contributed by atoms with Gasteiger partial charge < -0.3 is 24.8 Å². The average molecular weight is 100 g/mol. The molecule has 0 aromatic heterocycles. The molecule has 0 unspecified atom stereocenters. The minimum absolute atomic E-state index is 0. The summed E-state index contributed by atoms with van der Waals surface area (Å²) in [5.74, 6) is 0. The second-order valence-corrected chi connectivity index (χ2v) is 0.866. The van der Waals surface area contributed by atoms with Gasteiger partial charge >= 0.3 is 29.6 Å². The molecule has 0 aliphatic rings. The maximum atomic E-state index is 4.08. The van der Waals surface area contributed by atoms with Crippen molar-refractivity contribution < 1.29 is 29.6 Å². The van der Waals surface area contributed by atoms with E-state index < -0.39 is 0 Å². The molecule has 0 aliphatic heterocycles. The van der Waals surface area contributed by atoms with Crippen molar-refractivity contribution in [1.29, 1.82) is 0 Å². The molecule has 4 heavy (non-hydrogen) atoms. The maximum Gasteiger partial charge on any atom is 1.00 e. The zero-order valence-corrected chi connectivity index (χ0v) is 6.03. The second-order valence-electron chi connectivity index (χ2n) is 0.0962. The first kappa shape index (κ1) is 9.00. The van der Waals surface area contributed by atoms with Crippen LogP contribution in [0.3, 0.4) is 0 Å². The normalized spacial score (nSPS) is 3.00. The summed E-state index contributed by atoms with van der Waals surface area (Å²) in [6.45, 7) is 0. The summed E-state index contributed by atoms with van der Waals surface area (Å²) < 4.78 is 1.17. The Bertz CT molecular complexity index is 13.5. The predicted molar refractivity (Wildman–Crippen MR) is 21.0 cm³/mol. The van der Waals surface area contributed by atoms with Crippen LogP contribution >= 0.6 is 12.2 Å². The van der Waals surface area contributed by atoms with Gasteiger partial charge in [0.1, 0.15) is 0 Å². The van der Waals surface area contributed by atoms with Crippen LogP contribution in [0.1, 0.15) is 0 Å². The first-order chi connectivity index (χ1) is 1.41. The Balaban J connectivity index is 0. The molecule has 0 saturated heterocycles. The van der Waals surface area contributed by atoms with Crippen molar-refractivity contribution in [3.8, 4) is 0 Å². The third-order valence-corrected chi connectivity index (χ3v) is 0. The third-order valence-electron chi connectivity index (χ3n) is 0. The van der Waals surface area contributed by atoms with Gasteiger partial charge in [0.15, 0.2) is 0 Å². The molecule has 0 saturated carbocycles. The average Bonchev–Trinajstić information content (AvgIpc) is 0.918. The van der Waals surface area contributed by atoms with Gasteiger partial charge in [-0.2, -0.15) is 4.70 Å². The summed E-state index contributed by atoms with van der Waals surface area (Å²) >= 11 is 8.17. The van der Waals surface area contributed by atoms with Crippen LogP contribution in [-0.4, -0.2) is 4.70 Å². The largest absolute Gasteiger partial charge is 1.00 e. The van der Waals surface area contributed by atoms with E-state index in [1.807, 2.05) is 0 Å². The predicted octanol–water partition coefficient (Wildman–Crippen LogP) is -2.51. The first-order valence-corrected chi connectivity index (χ1v) is 1.41. The molecule has 0 aromatic carbocycles. The molecule has 0 N–H and O–H groups in total. The van der Waals surface area contributed by atoms with E-state index in [0.29, 0.717) is 0 Å². The number of rotatable bonds is 0. The van der Waals surface area contributed by atoms with Crippen LogP contribution < -0.4 is 29.6 Å². The molecule has 0 aliphatic carbocycles. The molecule has 0 rings (SSSR count). The van der Waals surface area contributed by atoms with Crippen LogP contribution in [0.5, 0.6) is 0 Å². The Hall–Kier alpha value is 1.31. The smallest absolute Gasteiger partial charge is 0.436 e. The summed E-state index contributed by atoms with van der Waals surface area (Å²) in [6, 6.07) is 0. The van der Waals surface area contributed by atoms with Crippen LogP contribution in [-0.2, 0) is 12.6 Å². The van der Waals surface area contributed by atoms with Gasteiger partial charge in [-0.1, -0.05) is 0 Å². The maximum absolute atomic E-state index is 4.08. The molecule has 0 atom stereocenters. The molecule has 0 amide bonds. The van der Waals surface area contributed by atoms with E-state index in [1.54, 1.807) is 0 Å². The fourth-order valence-corrected chi connectivity index (χ4v) is 0. The third kappa shape index (κ3) is 10.3. The fraction of sp³-hybridized carbons (Fsp3) is 0. The van der Waals surface area contributed by atoms with Crippen molar-refractivity contribution in [2.24, 2.45) is 0 Å². The van der Waals surface area contributed by atoms with Crippen molar-refractivity contribution in [1.82, 2.24) is 0 Å². The fourth-order valence-electron chi connectivity index (χ4n) is 0. The molecular weight excluding hydrogens is 99.1 g/mol. The summed E-state index contributed by atoms with van der Waals surface area (Å²) in [6.07, 6.45) is 0. The Labute approximate surface area is 58.7 Å². The van der Waals surface area contributed by atoms with Crippen molar-refractivity contribution in [3.63, 3.8) is 0 Å². The van der Waals surface area contributed by atoms with Gasteiger partial charge in [-0.25, -0.2) is 0 Å². The van der Waals surface area contributed by atoms with Gasteiger partial charge in [-0.3, -0.25) is 0 Å². The monoisotopic (exact) mass is 99.9 g/mol. The minimum Gasteiger partial charge on any atom is -0.436 e. The van der Waals surface area contributed by atoms with Crippen molar-refractivity contribution in [3.05, 3.63) is 0 Å². The Morgan fingerprint density at radius 2 is 1.75 bits per heavy atom. The quantitative estimate of drug-likeness (QED) is 0.187. The van der Waals surface area contributed by atoms with Gasteiger partial charge in [0, 0.05) is 0 Å². The number of thiocarbonyl (C=S) groups is 1. The van der Waals surface area contributed by atoms with E-state index in [-0.39, 0.29) is 29.6 Å². The topological polar surface area (TPSA) is 0 Å². The standard InChI is InChI=1S/CH2S2.Na/c2-1-3;/h1H,(H,2,3);/q;+1/p-1. The number of hydrogen-bond donors (Lipinski definition) is 0. The summed E-state index contributed by atoms with van der Waals surface area (Å²) in [5, 5.41) is 0.